The van der Waals surface area contributed by atoms with Crippen molar-refractivity contribution in [2.75, 3.05) is 11.9 Å². The van der Waals surface area contributed by atoms with Gasteiger partial charge in [-0.25, -0.2) is 0 Å². The molecule has 142 valence electrons. The average Bonchev–Trinajstić information content (AvgIpc) is 2.62. The Morgan fingerprint density at radius 3 is 2.50 bits per heavy atom. The number of benzene rings is 1. The van der Waals surface area contributed by atoms with E-state index in [0.717, 1.165) is 25.7 Å². The zero-order valence-electron chi connectivity index (χ0n) is 14.4. The van der Waals surface area contributed by atoms with Gasteiger partial charge in [0.2, 0.25) is 5.91 Å². The zero-order chi connectivity index (χ0) is 18.9. The summed E-state index contributed by atoms with van der Waals surface area (Å²) in [7, 11) is 0. The Bertz CT molecular complexity index is 661. The molecule has 6 nitrogen and oxygen atoms in total. The lowest BCUT2D eigenvalue weighted by atomic mass is 9.95. The maximum absolute atomic E-state index is 11.8. The van der Waals surface area contributed by atoms with Gasteiger partial charge in [0.1, 0.15) is 0 Å². The molecule has 0 aromatic heterocycles. The summed E-state index contributed by atoms with van der Waals surface area (Å²) in [5.74, 6) is -1.30. The summed E-state index contributed by atoms with van der Waals surface area (Å²) in [5, 5.41) is 6.19. The highest BCUT2D eigenvalue weighted by Crippen LogP contribution is 2.25. The Morgan fingerprint density at radius 1 is 1.04 bits per heavy atom. The Balaban J connectivity index is 1.65. The topological polar surface area (TPSA) is 84.5 Å². The van der Waals surface area contributed by atoms with Crippen molar-refractivity contribution in [2.45, 2.75) is 51.0 Å². The minimum Gasteiger partial charge on any atom is -0.456 e. The standard InChI is InChI=1S/C18H22Cl2N2O4/c19-12-6-7-14(20)15(10-12)22-17(24)11-26-18(25)9-8-16(23)21-13-4-2-1-3-5-13/h6-7,10,13H,1-5,8-9,11H2,(H,21,23)(H,22,24). The third kappa shape index (κ3) is 7.22. The first-order valence-corrected chi connectivity index (χ1v) is 9.39. The number of halogens is 2. The predicted octanol–water partition coefficient (Wildman–Crippen LogP) is 3.70. The molecule has 1 fully saturated rings. The van der Waals surface area contributed by atoms with Crippen molar-refractivity contribution < 1.29 is 19.1 Å². The van der Waals surface area contributed by atoms with Gasteiger partial charge in [-0.05, 0) is 31.0 Å². The van der Waals surface area contributed by atoms with Gasteiger partial charge in [-0.15, -0.1) is 0 Å². The van der Waals surface area contributed by atoms with E-state index >= 15 is 0 Å². The summed E-state index contributed by atoms with van der Waals surface area (Å²) in [5.41, 5.74) is 0.340. The molecular weight excluding hydrogens is 379 g/mol. The minimum absolute atomic E-state index is 0.0527. The van der Waals surface area contributed by atoms with Crippen LogP contribution in [0.2, 0.25) is 10.0 Å². The number of esters is 1. The fraction of sp³-hybridized carbons (Fsp3) is 0.500. The molecular formula is C18H22Cl2N2O4. The van der Waals surface area contributed by atoms with Crippen molar-refractivity contribution in [2.24, 2.45) is 0 Å². The second-order valence-corrected chi connectivity index (χ2v) is 7.08. The Kier molecular flexibility index (Phi) is 8.19. The molecule has 8 heteroatoms. The second kappa shape index (κ2) is 10.4. The summed E-state index contributed by atoms with van der Waals surface area (Å²) < 4.78 is 4.88. The van der Waals surface area contributed by atoms with Crippen LogP contribution in [0.1, 0.15) is 44.9 Å². The number of hydrogen-bond donors (Lipinski definition) is 2. The van der Waals surface area contributed by atoms with Crippen LogP contribution in [0.15, 0.2) is 18.2 Å². The number of hydrogen-bond acceptors (Lipinski definition) is 4. The number of carbonyl (C=O) groups excluding carboxylic acids is 3. The van der Waals surface area contributed by atoms with Crippen molar-refractivity contribution in [1.29, 1.82) is 0 Å². The van der Waals surface area contributed by atoms with E-state index in [-0.39, 0.29) is 24.8 Å². The van der Waals surface area contributed by atoms with E-state index in [0.29, 0.717) is 15.7 Å². The van der Waals surface area contributed by atoms with E-state index in [2.05, 4.69) is 10.6 Å². The molecule has 0 bridgehead atoms. The van der Waals surface area contributed by atoms with Crippen LogP contribution in [0, 0.1) is 0 Å². The first-order valence-electron chi connectivity index (χ1n) is 8.64. The SMILES string of the molecule is O=C(COC(=O)CCC(=O)NC1CCCCC1)Nc1cc(Cl)ccc1Cl. The van der Waals surface area contributed by atoms with Crippen molar-refractivity contribution in [3.63, 3.8) is 0 Å². The van der Waals surface area contributed by atoms with Gasteiger partial charge in [0.25, 0.3) is 5.91 Å². The van der Waals surface area contributed by atoms with Gasteiger partial charge in [-0.2, -0.15) is 0 Å². The van der Waals surface area contributed by atoms with Crippen LogP contribution in [0.5, 0.6) is 0 Å². The van der Waals surface area contributed by atoms with Gasteiger partial charge in [0.15, 0.2) is 6.61 Å². The smallest absolute Gasteiger partial charge is 0.306 e. The van der Waals surface area contributed by atoms with Crippen LogP contribution in [0.3, 0.4) is 0 Å². The minimum atomic E-state index is -0.601. The van der Waals surface area contributed by atoms with Gasteiger partial charge < -0.3 is 15.4 Å². The lowest BCUT2D eigenvalue weighted by Gasteiger charge is -2.22. The molecule has 0 radical (unpaired) electrons. The van der Waals surface area contributed by atoms with Gasteiger partial charge in [-0.3, -0.25) is 14.4 Å². The zero-order valence-corrected chi connectivity index (χ0v) is 15.9. The van der Waals surface area contributed by atoms with E-state index in [1.807, 2.05) is 0 Å². The Morgan fingerprint density at radius 2 is 1.77 bits per heavy atom. The fourth-order valence-electron chi connectivity index (χ4n) is 2.76. The molecule has 1 aromatic rings. The molecule has 0 unspecified atom stereocenters. The van der Waals surface area contributed by atoms with E-state index < -0.39 is 18.5 Å². The number of amides is 2. The van der Waals surface area contributed by atoms with E-state index in [9.17, 15) is 14.4 Å². The van der Waals surface area contributed by atoms with Gasteiger partial charge in [0.05, 0.1) is 17.1 Å². The summed E-state index contributed by atoms with van der Waals surface area (Å²) in [6, 6.07) is 4.86. The molecule has 1 saturated carbocycles. The maximum atomic E-state index is 11.8. The third-order valence-corrected chi connectivity index (χ3v) is 4.66. The molecule has 0 aliphatic heterocycles. The number of anilines is 1. The number of nitrogens with one attached hydrogen (secondary N) is 2. The molecule has 1 aliphatic carbocycles. The van der Waals surface area contributed by atoms with Gasteiger partial charge in [-0.1, -0.05) is 42.5 Å². The summed E-state index contributed by atoms with van der Waals surface area (Å²) in [6.07, 6.45) is 5.42. The molecule has 2 N–H and O–H groups in total. The van der Waals surface area contributed by atoms with Crippen LogP contribution >= 0.6 is 23.2 Å². The molecule has 0 atom stereocenters. The lowest BCUT2D eigenvalue weighted by molar-refractivity contribution is -0.148. The van der Waals surface area contributed by atoms with Crippen LogP contribution in [-0.2, 0) is 19.1 Å². The molecule has 1 aliphatic rings. The van der Waals surface area contributed by atoms with Crippen molar-refractivity contribution >= 4 is 46.7 Å². The summed E-state index contributed by atoms with van der Waals surface area (Å²) in [6.45, 7) is -0.452. The fourth-order valence-corrected chi connectivity index (χ4v) is 3.10. The number of ether oxygens (including phenoxy) is 1. The van der Waals surface area contributed by atoms with Crippen LogP contribution in [-0.4, -0.2) is 30.4 Å². The molecule has 26 heavy (non-hydrogen) atoms. The Hall–Kier alpha value is -1.79. The largest absolute Gasteiger partial charge is 0.456 e. The van der Waals surface area contributed by atoms with E-state index in [1.165, 1.54) is 12.5 Å². The number of carbonyl (C=O) groups is 3. The second-order valence-electron chi connectivity index (χ2n) is 6.24. The highest BCUT2D eigenvalue weighted by Gasteiger charge is 2.17. The monoisotopic (exact) mass is 400 g/mol. The highest BCUT2D eigenvalue weighted by molar-refractivity contribution is 6.35. The van der Waals surface area contributed by atoms with Gasteiger partial charge in [0, 0.05) is 17.5 Å². The van der Waals surface area contributed by atoms with Crippen molar-refractivity contribution in [3.8, 4) is 0 Å². The van der Waals surface area contributed by atoms with Crippen LogP contribution in [0.4, 0.5) is 5.69 Å². The van der Waals surface area contributed by atoms with Crippen LogP contribution in [0.25, 0.3) is 0 Å². The molecule has 2 rings (SSSR count). The number of rotatable bonds is 7. The quantitative estimate of drug-likeness (QED) is 0.683. The normalized spacial score (nSPS) is 14.5. The highest BCUT2D eigenvalue weighted by atomic mass is 35.5. The van der Waals surface area contributed by atoms with Crippen LogP contribution < -0.4 is 10.6 Å². The average molecular weight is 401 g/mol. The molecule has 0 saturated heterocycles. The van der Waals surface area contributed by atoms with Gasteiger partial charge >= 0.3 is 5.97 Å². The molecule has 2 amide bonds. The molecule has 0 spiro atoms. The lowest BCUT2D eigenvalue weighted by Crippen LogP contribution is -2.36. The maximum Gasteiger partial charge on any atom is 0.306 e. The summed E-state index contributed by atoms with van der Waals surface area (Å²) in [4.78, 5) is 35.3. The molecule has 1 aromatic carbocycles. The first kappa shape index (κ1) is 20.5. The first-order chi connectivity index (χ1) is 12.4. The van der Waals surface area contributed by atoms with Crippen molar-refractivity contribution in [3.05, 3.63) is 28.2 Å². The molecule has 0 heterocycles. The summed E-state index contributed by atoms with van der Waals surface area (Å²) >= 11 is 11.8. The third-order valence-electron chi connectivity index (χ3n) is 4.09. The predicted molar refractivity (Wildman–Crippen MR) is 100 cm³/mol. The Labute approximate surface area is 162 Å². The van der Waals surface area contributed by atoms with Crippen molar-refractivity contribution in [1.82, 2.24) is 5.32 Å². The van der Waals surface area contributed by atoms with E-state index in [1.54, 1.807) is 12.1 Å². The van der Waals surface area contributed by atoms with E-state index in [4.69, 9.17) is 27.9 Å².